The minimum Gasteiger partial charge on any atom is -0.408 e. The van der Waals surface area contributed by atoms with E-state index in [0.29, 0.717) is 11.1 Å². The van der Waals surface area contributed by atoms with E-state index >= 15 is 0 Å². The lowest BCUT2D eigenvalue weighted by molar-refractivity contribution is -0.141. The number of H-pyrrole nitrogens is 1. The Morgan fingerprint density at radius 3 is 2.76 bits per heavy atom. The maximum Gasteiger partial charge on any atom is 0.417 e. The lowest BCUT2D eigenvalue weighted by Crippen LogP contribution is -2.56. The fourth-order valence-electron chi connectivity index (χ4n) is 2.01. The van der Waals surface area contributed by atoms with E-state index in [1.807, 2.05) is 0 Å². The first kappa shape index (κ1) is 10.1. The summed E-state index contributed by atoms with van der Waals surface area (Å²) in [5, 5.41) is 0. The lowest BCUT2D eigenvalue weighted by Gasteiger charge is -2.38. The summed E-state index contributed by atoms with van der Waals surface area (Å²) in [4.78, 5) is 25.1. The number of carbonyl (C=O) groups is 1. The van der Waals surface area contributed by atoms with Gasteiger partial charge in [0.2, 0.25) is 5.91 Å². The normalized spacial score (nSPS) is 17.9. The van der Waals surface area contributed by atoms with Crippen molar-refractivity contribution in [2.45, 2.75) is 5.41 Å². The van der Waals surface area contributed by atoms with Gasteiger partial charge in [0.25, 0.3) is 0 Å². The van der Waals surface area contributed by atoms with Crippen LogP contribution in [-0.4, -0.2) is 24.1 Å². The monoisotopic (exact) mass is 234 g/mol. The molecule has 0 bridgehead atoms. The van der Waals surface area contributed by atoms with E-state index in [4.69, 9.17) is 14.9 Å². The number of rotatable bonds is 2. The molecule has 1 fully saturated rings. The highest BCUT2D eigenvalue weighted by Crippen LogP contribution is 2.33. The smallest absolute Gasteiger partial charge is 0.408 e. The fraction of sp³-hybridized carbons (Fsp3) is 0.273. The second-order valence-corrected chi connectivity index (χ2v) is 4.16. The standard InChI is InChI=1S/C11H10N2O4/c12-9(14)11(4-16-5-11)6-1-2-8-7(3-6)13-10(15)17-8/h1-3H,4-5H2,(H2,12,14)(H,13,15). The van der Waals surface area contributed by atoms with Crippen LogP contribution < -0.4 is 11.5 Å². The lowest BCUT2D eigenvalue weighted by atomic mass is 9.78. The van der Waals surface area contributed by atoms with Crippen molar-refractivity contribution in [3.05, 3.63) is 34.3 Å². The van der Waals surface area contributed by atoms with E-state index in [1.54, 1.807) is 18.2 Å². The highest BCUT2D eigenvalue weighted by atomic mass is 16.5. The number of benzene rings is 1. The van der Waals surface area contributed by atoms with Crippen molar-refractivity contribution in [2.75, 3.05) is 13.2 Å². The predicted molar refractivity (Wildman–Crippen MR) is 58.5 cm³/mol. The second kappa shape index (κ2) is 3.21. The van der Waals surface area contributed by atoms with Crippen LogP contribution in [0.1, 0.15) is 5.56 Å². The summed E-state index contributed by atoms with van der Waals surface area (Å²) in [6, 6.07) is 5.07. The number of fused-ring (bicyclic) bond motifs is 1. The highest BCUT2D eigenvalue weighted by molar-refractivity contribution is 5.89. The van der Waals surface area contributed by atoms with Crippen molar-refractivity contribution in [3.63, 3.8) is 0 Å². The van der Waals surface area contributed by atoms with Gasteiger partial charge in [0.15, 0.2) is 5.58 Å². The van der Waals surface area contributed by atoms with Crippen LogP contribution in [-0.2, 0) is 14.9 Å². The number of nitrogens with one attached hydrogen (secondary N) is 1. The molecule has 6 heteroatoms. The fourth-order valence-corrected chi connectivity index (χ4v) is 2.01. The van der Waals surface area contributed by atoms with Gasteiger partial charge >= 0.3 is 5.76 Å². The Labute approximate surface area is 95.4 Å². The van der Waals surface area contributed by atoms with Crippen molar-refractivity contribution in [1.82, 2.24) is 4.98 Å². The molecule has 1 saturated heterocycles. The van der Waals surface area contributed by atoms with Crippen molar-refractivity contribution < 1.29 is 13.9 Å². The van der Waals surface area contributed by atoms with Crippen LogP contribution in [0.25, 0.3) is 11.1 Å². The first-order valence-corrected chi connectivity index (χ1v) is 5.13. The van der Waals surface area contributed by atoms with Crippen LogP contribution in [0, 0.1) is 0 Å². The molecule has 3 N–H and O–H groups in total. The Morgan fingerprint density at radius 2 is 2.18 bits per heavy atom. The second-order valence-electron chi connectivity index (χ2n) is 4.16. The summed E-state index contributed by atoms with van der Waals surface area (Å²) in [5.74, 6) is -0.941. The third-order valence-electron chi connectivity index (χ3n) is 3.14. The molecule has 0 radical (unpaired) electrons. The van der Waals surface area contributed by atoms with Crippen LogP contribution >= 0.6 is 0 Å². The SMILES string of the molecule is NC(=O)C1(c2ccc3oc(=O)[nH]c3c2)COC1. The maximum atomic E-state index is 11.5. The third-order valence-corrected chi connectivity index (χ3v) is 3.14. The molecular weight excluding hydrogens is 224 g/mol. The zero-order chi connectivity index (χ0) is 12.0. The highest BCUT2D eigenvalue weighted by Gasteiger charge is 2.46. The topological polar surface area (TPSA) is 98.3 Å². The molecule has 1 aromatic carbocycles. The van der Waals surface area contributed by atoms with Gasteiger partial charge in [-0.1, -0.05) is 6.07 Å². The van der Waals surface area contributed by atoms with Crippen LogP contribution in [0.5, 0.6) is 0 Å². The van der Waals surface area contributed by atoms with Crippen LogP contribution in [0.4, 0.5) is 0 Å². The van der Waals surface area contributed by atoms with Gasteiger partial charge in [-0.15, -0.1) is 0 Å². The Balaban J connectivity index is 2.17. The molecule has 1 aromatic heterocycles. The minimum absolute atomic E-state index is 0.274. The predicted octanol–water partition coefficient (Wildman–Crippen LogP) is -0.126. The summed E-state index contributed by atoms with van der Waals surface area (Å²) in [5.41, 5.74) is 6.37. The molecule has 1 aliphatic rings. The largest absolute Gasteiger partial charge is 0.417 e. The average Bonchev–Trinajstić information content (AvgIpc) is 2.54. The van der Waals surface area contributed by atoms with E-state index in [1.165, 1.54) is 0 Å². The third kappa shape index (κ3) is 1.31. The Kier molecular flexibility index (Phi) is 1.90. The Bertz CT molecular complexity index is 651. The van der Waals surface area contributed by atoms with E-state index in [9.17, 15) is 9.59 Å². The van der Waals surface area contributed by atoms with Gasteiger partial charge in [0, 0.05) is 0 Å². The van der Waals surface area contributed by atoms with Crippen LogP contribution in [0.3, 0.4) is 0 Å². The number of ether oxygens (including phenoxy) is 1. The van der Waals surface area contributed by atoms with E-state index in [2.05, 4.69) is 4.98 Å². The van der Waals surface area contributed by atoms with Gasteiger partial charge in [-0.2, -0.15) is 0 Å². The number of hydrogen-bond acceptors (Lipinski definition) is 4. The van der Waals surface area contributed by atoms with Gasteiger partial charge in [-0.3, -0.25) is 9.78 Å². The number of carbonyl (C=O) groups excluding carboxylic acids is 1. The summed E-state index contributed by atoms with van der Waals surface area (Å²) in [7, 11) is 0. The molecule has 0 unspecified atom stereocenters. The van der Waals surface area contributed by atoms with E-state index in [0.717, 1.165) is 5.56 Å². The minimum atomic E-state index is -0.775. The quantitative estimate of drug-likeness (QED) is 0.756. The number of hydrogen-bond donors (Lipinski definition) is 2. The van der Waals surface area contributed by atoms with Gasteiger partial charge in [-0.05, 0) is 17.7 Å². The number of amides is 1. The molecule has 1 aliphatic heterocycles. The summed E-state index contributed by atoms with van der Waals surface area (Å²) >= 11 is 0. The van der Waals surface area contributed by atoms with Gasteiger partial charge in [0.1, 0.15) is 5.41 Å². The van der Waals surface area contributed by atoms with Crippen molar-refractivity contribution in [2.24, 2.45) is 5.73 Å². The Hall–Kier alpha value is -2.08. The van der Waals surface area contributed by atoms with Gasteiger partial charge in [0.05, 0.1) is 18.7 Å². The molecule has 17 heavy (non-hydrogen) atoms. The van der Waals surface area contributed by atoms with E-state index < -0.39 is 17.1 Å². The summed E-state index contributed by atoms with van der Waals surface area (Å²) < 4.78 is 9.96. The number of aromatic nitrogens is 1. The van der Waals surface area contributed by atoms with Crippen LogP contribution in [0.15, 0.2) is 27.4 Å². The molecule has 0 spiro atoms. The first-order chi connectivity index (χ1) is 8.12. The molecule has 2 aromatic rings. The number of aromatic amines is 1. The average molecular weight is 234 g/mol. The molecule has 3 rings (SSSR count). The number of nitrogens with two attached hydrogens (primary N) is 1. The molecule has 2 heterocycles. The molecule has 6 nitrogen and oxygen atoms in total. The molecule has 0 aliphatic carbocycles. The molecule has 0 atom stereocenters. The first-order valence-electron chi connectivity index (χ1n) is 5.13. The number of primary amides is 1. The molecule has 0 saturated carbocycles. The van der Waals surface area contributed by atoms with Crippen molar-refractivity contribution in [1.29, 1.82) is 0 Å². The Morgan fingerprint density at radius 1 is 1.41 bits per heavy atom. The van der Waals surface area contributed by atoms with E-state index in [-0.39, 0.29) is 13.2 Å². The zero-order valence-electron chi connectivity index (χ0n) is 8.86. The van der Waals surface area contributed by atoms with Gasteiger partial charge < -0.3 is 14.9 Å². The molecular formula is C11H10N2O4. The van der Waals surface area contributed by atoms with Crippen molar-refractivity contribution in [3.8, 4) is 0 Å². The zero-order valence-corrected chi connectivity index (χ0v) is 8.86. The van der Waals surface area contributed by atoms with Gasteiger partial charge in [-0.25, -0.2) is 4.79 Å². The summed E-state index contributed by atoms with van der Waals surface area (Å²) in [6.45, 7) is 0.547. The summed E-state index contributed by atoms with van der Waals surface area (Å²) in [6.07, 6.45) is 0. The van der Waals surface area contributed by atoms with Crippen molar-refractivity contribution >= 4 is 17.0 Å². The molecule has 88 valence electrons. The van der Waals surface area contributed by atoms with Crippen LogP contribution in [0.2, 0.25) is 0 Å². The maximum absolute atomic E-state index is 11.5. The molecule has 1 amide bonds. The number of oxazole rings is 1.